The van der Waals surface area contributed by atoms with E-state index < -0.39 is 17.0 Å². The first-order valence-corrected chi connectivity index (χ1v) is 25.4. The number of halogens is 2. The second-order valence-electron chi connectivity index (χ2n) is 20.9. The zero-order chi connectivity index (χ0) is 47.8. The standard InChI is InChI=1S/C57H62ClFN8O2/c1-35-22-27-46-49(51(38-23-24-38)63-67(46)57(39-16-10-7-11-17-39,40-18-12-8-13-19-40)41-20-14-9-15-21-41)47(35)48-45(58)32-44-52(50(48)59)61-54(66(42-25-26-42)43-28-30-60-31-29-43)62-53(44)64-33-37(3)65(34-36(64)2)55(68)69-56(4,5)6/h7-22,27,32,36-38,42-43,60H,23-26,28-31,33-34H2,1-6H3/t36-,37-/m0/s1. The maximum Gasteiger partial charge on any atom is 0.410 e. The Hall–Kier alpha value is -6.04. The molecule has 5 aromatic carbocycles. The molecule has 4 fully saturated rings. The molecule has 4 aliphatic rings. The van der Waals surface area contributed by atoms with Crippen molar-refractivity contribution in [3.05, 3.63) is 148 Å². The van der Waals surface area contributed by atoms with E-state index in [4.69, 9.17) is 31.4 Å². The highest BCUT2D eigenvalue weighted by atomic mass is 35.5. The molecule has 1 N–H and O–H groups in total. The molecule has 11 rings (SSSR count). The molecule has 10 nitrogen and oxygen atoms in total. The summed E-state index contributed by atoms with van der Waals surface area (Å²) in [6, 6.07) is 38.1. The molecule has 4 heterocycles. The highest BCUT2D eigenvalue weighted by Gasteiger charge is 2.44. The quantitative estimate of drug-likeness (QED) is 0.136. The second-order valence-corrected chi connectivity index (χ2v) is 21.3. The number of benzene rings is 5. The van der Waals surface area contributed by atoms with Crippen LogP contribution >= 0.6 is 11.6 Å². The van der Waals surface area contributed by atoms with E-state index in [1.165, 1.54) is 0 Å². The van der Waals surface area contributed by atoms with E-state index in [9.17, 15) is 4.79 Å². The van der Waals surface area contributed by atoms with Crippen molar-refractivity contribution in [2.24, 2.45) is 0 Å². The summed E-state index contributed by atoms with van der Waals surface area (Å²) in [7, 11) is 0. The number of ether oxygens (including phenoxy) is 1. The van der Waals surface area contributed by atoms with Crippen molar-refractivity contribution in [2.75, 3.05) is 36.0 Å². The van der Waals surface area contributed by atoms with E-state index in [0.717, 1.165) is 96.0 Å². The van der Waals surface area contributed by atoms with Gasteiger partial charge in [-0.05, 0) is 128 Å². The van der Waals surface area contributed by atoms with Gasteiger partial charge in [0.2, 0.25) is 5.95 Å². The van der Waals surface area contributed by atoms with Gasteiger partial charge in [0.05, 0.1) is 16.2 Å². The highest BCUT2D eigenvalue weighted by molar-refractivity contribution is 6.35. The number of nitrogens with one attached hydrogen (secondary N) is 1. The van der Waals surface area contributed by atoms with Crippen LogP contribution < -0.4 is 15.1 Å². The summed E-state index contributed by atoms with van der Waals surface area (Å²) in [5, 5.41) is 11.0. The molecule has 69 heavy (non-hydrogen) atoms. The Morgan fingerprint density at radius 2 is 1.36 bits per heavy atom. The smallest absolute Gasteiger partial charge is 0.410 e. The lowest BCUT2D eigenvalue weighted by Gasteiger charge is -2.45. The molecular weight excluding hydrogens is 883 g/mol. The average Bonchev–Trinajstić information content (AvgIpc) is 4.30. The molecule has 2 saturated heterocycles. The fourth-order valence-electron chi connectivity index (χ4n) is 11.3. The lowest BCUT2D eigenvalue weighted by Crippen LogP contribution is -2.59. The number of fused-ring (bicyclic) bond motifs is 2. The number of carbonyl (C=O) groups excluding carboxylic acids is 1. The van der Waals surface area contributed by atoms with Crippen LogP contribution in [0.3, 0.4) is 0 Å². The van der Waals surface area contributed by atoms with Crippen molar-refractivity contribution in [1.82, 2.24) is 30.0 Å². The predicted octanol–water partition coefficient (Wildman–Crippen LogP) is 12.0. The number of aromatic nitrogens is 4. The number of piperidine rings is 1. The Bertz CT molecular complexity index is 2940. The monoisotopic (exact) mass is 944 g/mol. The first-order chi connectivity index (χ1) is 33.3. The fraction of sp³-hybridized carbons (Fsp3) is 0.404. The Labute approximate surface area is 409 Å². The highest BCUT2D eigenvalue weighted by Crippen LogP contribution is 2.52. The van der Waals surface area contributed by atoms with Crippen LogP contribution in [-0.4, -0.2) is 86.7 Å². The van der Waals surface area contributed by atoms with E-state index in [1.807, 2.05) is 33.8 Å². The Kier molecular flexibility index (Phi) is 11.7. The second kappa shape index (κ2) is 17.7. The summed E-state index contributed by atoms with van der Waals surface area (Å²) in [5.74, 6) is 0.914. The molecule has 0 unspecified atom stereocenters. The average molecular weight is 946 g/mol. The van der Waals surface area contributed by atoms with Gasteiger partial charge in [-0.2, -0.15) is 10.1 Å². The molecule has 2 atom stereocenters. The SMILES string of the molecule is Cc1ccc2c(c(C3CC3)nn2C(c2ccccc2)(c2ccccc2)c2ccccc2)c1-c1c(Cl)cc2c(N3C[C@H](C)N(C(=O)OC(C)(C)C)C[C@@H]3C)nc(N(C3CCNCC3)C3CC3)nc2c1F. The molecule has 7 aromatic rings. The van der Waals surface area contributed by atoms with Gasteiger partial charge in [-0.15, -0.1) is 0 Å². The maximum atomic E-state index is 18.7. The number of piperazine rings is 1. The number of carbonyl (C=O) groups is 1. The van der Waals surface area contributed by atoms with Gasteiger partial charge in [-0.1, -0.05) is 109 Å². The van der Waals surface area contributed by atoms with Gasteiger partial charge in [0, 0.05) is 65.1 Å². The number of aryl methyl sites for hydroxylation is 1. The number of nitrogens with zero attached hydrogens (tertiary/aromatic N) is 7. The maximum absolute atomic E-state index is 18.7. The predicted molar refractivity (Wildman–Crippen MR) is 275 cm³/mol. The molecule has 2 saturated carbocycles. The van der Waals surface area contributed by atoms with Crippen LogP contribution in [0.2, 0.25) is 5.02 Å². The number of hydrogen-bond donors (Lipinski definition) is 1. The van der Waals surface area contributed by atoms with E-state index in [-0.39, 0.29) is 46.7 Å². The normalized spacial score (nSPS) is 19.4. The van der Waals surface area contributed by atoms with E-state index in [1.54, 1.807) is 4.90 Å². The van der Waals surface area contributed by atoms with Crippen molar-refractivity contribution in [1.29, 1.82) is 0 Å². The van der Waals surface area contributed by atoms with Gasteiger partial charge in [0.15, 0.2) is 5.82 Å². The minimum absolute atomic E-state index is 0.170. The van der Waals surface area contributed by atoms with Gasteiger partial charge >= 0.3 is 6.09 Å². The molecule has 2 aliphatic heterocycles. The van der Waals surface area contributed by atoms with Crippen LogP contribution in [0.25, 0.3) is 32.9 Å². The number of rotatable bonds is 10. The van der Waals surface area contributed by atoms with Crippen LogP contribution in [-0.2, 0) is 10.3 Å². The first-order valence-electron chi connectivity index (χ1n) is 25.0. The summed E-state index contributed by atoms with van der Waals surface area (Å²) in [4.78, 5) is 30.7. The number of anilines is 2. The summed E-state index contributed by atoms with van der Waals surface area (Å²) in [5.41, 5.74) is 5.73. The van der Waals surface area contributed by atoms with Gasteiger partial charge in [-0.3, -0.25) is 0 Å². The minimum Gasteiger partial charge on any atom is -0.444 e. The number of hydrogen-bond acceptors (Lipinski definition) is 8. The van der Waals surface area contributed by atoms with Gasteiger partial charge < -0.3 is 24.8 Å². The van der Waals surface area contributed by atoms with E-state index >= 15 is 4.39 Å². The summed E-state index contributed by atoms with van der Waals surface area (Å²) < 4.78 is 26.8. The minimum atomic E-state index is -0.882. The van der Waals surface area contributed by atoms with Crippen molar-refractivity contribution >= 4 is 51.3 Å². The lowest BCUT2D eigenvalue weighted by molar-refractivity contribution is 0.0130. The summed E-state index contributed by atoms with van der Waals surface area (Å²) >= 11 is 7.61. The molecule has 0 radical (unpaired) electrons. The third kappa shape index (κ3) is 8.09. The summed E-state index contributed by atoms with van der Waals surface area (Å²) in [6.07, 6.45) is 5.64. The van der Waals surface area contributed by atoms with E-state index in [0.29, 0.717) is 35.8 Å². The molecule has 2 aromatic heterocycles. The first kappa shape index (κ1) is 45.4. The zero-order valence-corrected chi connectivity index (χ0v) is 41.3. The van der Waals surface area contributed by atoms with Crippen LogP contribution in [0.4, 0.5) is 21.0 Å². The largest absolute Gasteiger partial charge is 0.444 e. The third-order valence-electron chi connectivity index (χ3n) is 14.8. The van der Waals surface area contributed by atoms with Crippen LogP contribution in [0.15, 0.2) is 109 Å². The van der Waals surface area contributed by atoms with Crippen molar-refractivity contribution in [3.8, 4) is 11.1 Å². The molecule has 0 bridgehead atoms. The third-order valence-corrected chi connectivity index (χ3v) is 15.1. The molecule has 356 valence electrons. The van der Waals surface area contributed by atoms with Crippen molar-refractivity contribution in [2.45, 2.75) is 121 Å². The fourth-order valence-corrected chi connectivity index (χ4v) is 11.5. The zero-order valence-electron chi connectivity index (χ0n) is 40.6. The molecule has 1 amide bonds. The van der Waals surface area contributed by atoms with Crippen LogP contribution in [0.1, 0.15) is 107 Å². The Morgan fingerprint density at radius 3 is 1.93 bits per heavy atom. The van der Waals surface area contributed by atoms with Crippen molar-refractivity contribution in [3.63, 3.8) is 0 Å². The molecular formula is C57H62ClFN8O2. The van der Waals surface area contributed by atoms with E-state index in [2.05, 4.69) is 137 Å². The molecule has 12 heteroatoms. The van der Waals surface area contributed by atoms with Crippen LogP contribution in [0.5, 0.6) is 0 Å². The lowest BCUT2D eigenvalue weighted by atomic mass is 9.77. The van der Waals surface area contributed by atoms with Gasteiger partial charge in [-0.25, -0.2) is 18.9 Å². The van der Waals surface area contributed by atoms with Gasteiger partial charge in [0.1, 0.15) is 22.5 Å². The summed E-state index contributed by atoms with van der Waals surface area (Å²) in [6.45, 7) is 14.5. The number of amides is 1. The Morgan fingerprint density at radius 1 is 0.768 bits per heavy atom. The van der Waals surface area contributed by atoms with Crippen LogP contribution in [0, 0.1) is 12.7 Å². The van der Waals surface area contributed by atoms with Crippen molar-refractivity contribution < 1.29 is 13.9 Å². The molecule has 0 spiro atoms. The van der Waals surface area contributed by atoms with Gasteiger partial charge in [0.25, 0.3) is 0 Å². The molecule has 2 aliphatic carbocycles. The topological polar surface area (TPSA) is 91.7 Å². The Balaban J connectivity index is 1.14.